The number of hydrogen-bond donors (Lipinski definition) is 3. The van der Waals surface area contributed by atoms with Gasteiger partial charge in [0, 0.05) is 30.8 Å². The molecule has 34 heavy (non-hydrogen) atoms. The van der Waals surface area contributed by atoms with Crippen LogP contribution in [0.25, 0.3) is 0 Å². The topological polar surface area (TPSA) is 104 Å². The van der Waals surface area contributed by atoms with Crippen LogP contribution in [0.5, 0.6) is 0 Å². The number of benzene rings is 3. The van der Waals surface area contributed by atoms with Crippen LogP contribution < -0.4 is 15.4 Å². The lowest BCUT2D eigenvalue weighted by atomic mass is 10.1. The van der Waals surface area contributed by atoms with Gasteiger partial charge in [0.15, 0.2) is 0 Å². The number of nitrogens with one attached hydrogen (secondary N) is 3. The molecule has 178 valence electrons. The molecule has 0 radical (unpaired) electrons. The lowest BCUT2D eigenvalue weighted by Gasteiger charge is -2.12. The third-order valence-electron chi connectivity index (χ3n) is 5.22. The van der Waals surface area contributed by atoms with E-state index in [0.717, 1.165) is 17.5 Å². The van der Waals surface area contributed by atoms with Crippen molar-refractivity contribution in [1.82, 2.24) is 10.0 Å². The molecule has 0 heterocycles. The molecule has 0 saturated carbocycles. The van der Waals surface area contributed by atoms with Crippen molar-refractivity contribution in [1.29, 1.82) is 0 Å². The van der Waals surface area contributed by atoms with Crippen LogP contribution in [0.4, 0.5) is 5.69 Å². The van der Waals surface area contributed by atoms with Crippen molar-refractivity contribution in [2.45, 2.75) is 44.7 Å². The number of hydrogen-bond acceptors (Lipinski definition) is 4. The Morgan fingerprint density at radius 3 is 2.21 bits per heavy atom. The second-order valence-corrected chi connectivity index (χ2v) is 9.70. The van der Waals surface area contributed by atoms with E-state index >= 15 is 0 Å². The molecule has 3 N–H and O–H groups in total. The summed E-state index contributed by atoms with van der Waals surface area (Å²) < 4.78 is 28.3. The van der Waals surface area contributed by atoms with Gasteiger partial charge in [-0.15, -0.1) is 0 Å². The van der Waals surface area contributed by atoms with Crippen LogP contribution in [0.1, 0.15) is 46.8 Å². The first-order valence-corrected chi connectivity index (χ1v) is 12.6. The molecule has 0 spiro atoms. The van der Waals surface area contributed by atoms with E-state index in [1.165, 1.54) is 6.07 Å². The zero-order valence-corrected chi connectivity index (χ0v) is 20.1. The summed E-state index contributed by atoms with van der Waals surface area (Å²) in [6.07, 6.45) is 1.24. The van der Waals surface area contributed by atoms with Gasteiger partial charge in [0.2, 0.25) is 15.9 Å². The molecule has 0 aliphatic heterocycles. The van der Waals surface area contributed by atoms with E-state index in [1.54, 1.807) is 31.2 Å². The number of carbonyl (C=O) groups is 2. The highest BCUT2D eigenvalue weighted by atomic mass is 32.2. The van der Waals surface area contributed by atoms with E-state index < -0.39 is 10.0 Å². The van der Waals surface area contributed by atoms with E-state index in [2.05, 4.69) is 15.4 Å². The zero-order chi connectivity index (χ0) is 24.6. The molecule has 0 aliphatic rings. The SMILES string of the molecule is CCCC(=O)Nc1ccc(CNC(=O)c2ccc(C)c(S(=O)(=O)NCc3ccccc3)c2)cc1. The van der Waals surface area contributed by atoms with E-state index in [1.807, 2.05) is 49.4 Å². The Kier molecular flexibility index (Phi) is 8.56. The summed E-state index contributed by atoms with van der Waals surface area (Å²) in [6.45, 7) is 4.07. The Balaban J connectivity index is 1.63. The van der Waals surface area contributed by atoms with Gasteiger partial charge < -0.3 is 10.6 Å². The molecule has 2 amide bonds. The van der Waals surface area contributed by atoms with Crippen LogP contribution in [-0.4, -0.2) is 20.2 Å². The van der Waals surface area contributed by atoms with Gasteiger partial charge in [0.1, 0.15) is 0 Å². The van der Waals surface area contributed by atoms with Gasteiger partial charge in [-0.05, 0) is 54.3 Å². The van der Waals surface area contributed by atoms with Gasteiger partial charge in [-0.1, -0.05) is 55.5 Å². The van der Waals surface area contributed by atoms with Crippen molar-refractivity contribution in [2.24, 2.45) is 0 Å². The Morgan fingerprint density at radius 2 is 1.53 bits per heavy atom. The van der Waals surface area contributed by atoms with Gasteiger partial charge in [-0.25, -0.2) is 13.1 Å². The Morgan fingerprint density at radius 1 is 0.853 bits per heavy atom. The van der Waals surface area contributed by atoms with E-state index in [9.17, 15) is 18.0 Å². The molecule has 7 nitrogen and oxygen atoms in total. The molecular formula is C26H29N3O4S. The Hall–Kier alpha value is -3.49. The minimum absolute atomic E-state index is 0.0352. The van der Waals surface area contributed by atoms with Gasteiger partial charge in [-0.2, -0.15) is 0 Å². The second-order valence-electron chi connectivity index (χ2n) is 7.97. The highest BCUT2D eigenvalue weighted by Gasteiger charge is 2.19. The maximum Gasteiger partial charge on any atom is 0.251 e. The molecule has 8 heteroatoms. The zero-order valence-electron chi connectivity index (χ0n) is 19.3. The molecule has 3 rings (SSSR count). The Bertz CT molecular complexity index is 1240. The fraction of sp³-hybridized carbons (Fsp3) is 0.231. The maximum absolute atomic E-state index is 12.9. The summed E-state index contributed by atoms with van der Waals surface area (Å²) in [4.78, 5) is 24.5. The highest BCUT2D eigenvalue weighted by Crippen LogP contribution is 2.18. The molecule has 0 aliphatic carbocycles. The molecule has 0 bridgehead atoms. The fourth-order valence-corrected chi connectivity index (χ4v) is 4.61. The second kappa shape index (κ2) is 11.6. The van der Waals surface area contributed by atoms with Crippen LogP contribution >= 0.6 is 0 Å². The normalized spacial score (nSPS) is 11.1. The summed E-state index contributed by atoms with van der Waals surface area (Å²) in [5.41, 5.74) is 3.21. The first-order valence-electron chi connectivity index (χ1n) is 11.1. The minimum Gasteiger partial charge on any atom is -0.348 e. The summed E-state index contributed by atoms with van der Waals surface area (Å²) in [6, 6.07) is 21.1. The smallest absolute Gasteiger partial charge is 0.251 e. The number of carbonyl (C=O) groups excluding carboxylic acids is 2. The molecule has 0 aromatic heterocycles. The average Bonchev–Trinajstić information content (AvgIpc) is 2.83. The summed E-state index contributed by atoms with van der Waals surface area (Å²) in [5.74, 6) is -0.410. The van der Waals surface area contributed by atoms with Gasteiger partial charge in [0.25, 0.3) is 5.91 Å². The van der Waals surface area contributed by atoms with Crippen LogP contribution in [0.3, 0.4) is 0 Å². The fourth-order valence-electron chi connectivity index (χ4n) is 3.32. The lowest BCUT2D eigenvalue weighted by Crippen LogP contribution is -2.26. The largest absolute Gasteiger partial charge is 0.348 e. The van der Waals surface area contributed by atoms with E-state index in [-0.39, 0.29) is 35.4 Å². The maximum atomic E-state index is 12.9. The number of anilines is 1. The third-order valence-corrected chi connectivity index (χ3v) is 6.76. The van der Waals surface area contributed by atoms with Crippen LogP contribution in [0.2, 0.25) is 0 Å². The summed E-state index contributed by atoms with van der Waals surface area (Å²) in [7, 11) is -3.80. The minimum atomic E-state index is -3.80. The predicted molar refractivity (Wildman–Crippen MR) is 133 cm³/mol. The molecule has 3 aromatic carbocycles. The first-order chi connectivity index (χ1) is 16.3. The van der Waals surface area contributed by atoms with Gasteiger partial charge in [0.05, 0.1) is 4.90 Å². The van der Waals surface area contributed by atoms with Crippen LogP contribution in [0, 0.1) is 6.92 Å². The van der Waals surface area contributed by atoms with Crippen LogP contribution in [0.15, 0.2) is 77.7 Å². The molecular weight excluding hydrogens is 450 g/mol. The average molecular weight is 480 g/mol. The lowest BCUT2D eigenvalue weighted by molar-refractivity contribution is -0.116. The third kappa shape index (κ3) is 7.00. The van der Waals surface area contributed by atoms with Crippen LogP contribution in [-0.2, 0) is 27.9 Å². The Labute approximate surface area is 200 Å². The highest BCUT2D eigenvalue weighted by molar-refractivity contribution is 7.89. The molecule has 0 saturated heterocycles. The molecule has 0 fully saturated rings. The van der Waals surface area contributed by atoms with E-state index in [4.69, 9.17) is 0 Å². The number of sulfonamides is 1. The van der Waals surface area contributed by atoms with Gasteiger partial charge >= 0.3 is 0 Å². The predicted octanol–water partition coefficient (Wildman–Crippen LogP) is 4.14. The van der Waals surface area contributed by atoms with Crippen molar-refractivity contribution in [2.75, 3.05) is 5.32 Å². The number of rotatable bonds is 10. The van der Waals surface area contributed by atoms with Crippen molar-refractivity contribution < 1.29 is 18.0 Å². The first kappa shape index (κ1) is 25.1. The molecule has 0 atom stereocenters. The van der Waals surface area contributed by atoms with E-state index in [0.29, 0.717) is 17.7 Å². The van der Waals surface area contributed by atoms with Crippen molar-refractivity contribution in [3.63, 3.8) is 0 Å². The van der Waals surface area contributed by atoms with Crippen molar-refractivity contribution in [3.05, 3.63) is 95.1 Å². The van der Waals surface area contributed by atoms with Crippen molar-refractivity contribution >= 4 is 27.5 Å². The monoisotopic (exact) mass is 479 g/mol. The van der Waals surface area contributed by atoms with Crippen molar-refractivity contribution in [3.8, 4) is 0 Å². The standard InChI is InChI=1S/C26H29N3O4S/c1-3-7-25(30)29-23-14-11-21(12-15-23)17-27-26(31)22-13-10-19(2)24(16-22)34(32,33)28-18-20-8-5-4-6-9-20/h4-6,8-16,28H,3,7,17-18H2,1-2H3,(H,27,31)(H,29,30). The summed E-state index contributed by atoms with van der Waals surface area (Å²) >= 11 is 0. The summed E-state index contributed by atoms with van der Waals surface area (Å²) in [5, 5.41) is 5.63. The van der Waals surface area contributed by atoms with Gasteiger partial charge in [-0.3, -0.25) is 9.59 Å². The molecule has 0 unspecified atom stereocenters. The number of aryl methyl sites for hydroxylation is 1. The molecule has 3 aromatic rings. The number of amides is 2. The quantitative estimate of drug-likeness (QED) is 0.406.